The maximum Gasteiger partial charge on any atom is 0.266 e. The molecule has 4 aromatic rings. The minimum absolute atomic E-state index is 0.0892. The van der Waals surface area contributed by atoms with Gasteiger partial charge in [0.2, 0.25) is 0 Å². The molecule has 1 aliphatic heterocycles. The molecule has 5 rings (SSSR count). The van der Waals surface area contributed by atoms with Gasteiger partial charge in [-0.3, -0.25) is 9.69 Å². The van der Waals surface area contributed by atoms with E-state index in [0.29, 0.717) is 15.8 Å². The largest absolute Gasteiger partial charge is 0.497 e. The number of para-hydroxylation sites is 1. The molecular formula is C28H23N3O2S2. The number of carbonyl (C=O) groups is 1. The third-order valence-corrected chi connectivity index (χ3v) is 7.13. The number of aryl methyl sites for hydroxylation is 1. The van der Waals surface area contributed by atoms with Gasteiger partial charge >= 0.3 is 0 Å². The Kier molecular flexibility index (Phi) is 6.53. The Labute approximate surface area is 214 Å². The van der Waals surface area contributed by atoms with E-state index in [1.54, 1.807) is 12.0 Å². The fourth-order valence-electron chi connectivity index (χ4n) is 3.83. The summed E-state index contributed by atoms with van der Waals surface area (Å²) in [5.74, 6) is 0.684. The lowest BCUT2D eigenvalue weighted by molar-refractivity contribution is -0.122. The number of hydrogen-bond donors (Lipinski definition) is 0. The molecule has 0 atom stereocenters. The Balaban J connectivity index is 1.51. The fourth-order valence-corrected chi connectivity index (χ4v) is 5.08. The number of ether oxygens (including phenoxy) is 1. The van der Waals surface area contributed by atoms with Gasteiger partial charge in [0.1, 0.15) is 10.1 Å². The molecule has 35 heavy (non-hydrogen) atoms. The Morgan fingerprint density at radius 1 is 1.00 bits per heavy atom. The van der Waals surface area contributed by atoms with Crippen LogP contribution in [0.4, 0.5) is 0 Å². The van der Waals surface area contributed by atoms with Crippen LogP contribution in [0.25, 0.3) is 23.0 Å². The van der Waals surface area contributed by atoms with Crippen LogP contribution >= 0.6 is 24.0 Å². The number of carbonyl (C=O) groups excluding carboxylic acids is 1. The average molecular weight is 498 g/mol. The van der Waals surface area contributed by atoms with Gasteiger partial charge in [-0.25, -0.2) is 4.68 Å². The first-order valence-corrected chi connectivity index (χ1v) is 12.3. The van der Waals surface area contributed by atoms with Crippen LogP contribution in [0.2, 0.25) is 0 Å². The van der Waals surface area contributed by atoms with Crippen molar-refractivity contribution in [3.05, 3.63) is 107 Å². The molecule has 5 nitrogen and oxygen atoms in total. The summed E-state index contributed by atoms with van der Waals surface area (Å²) in [5.41, 5.74) is 5.72. The monoisotopic (exact) mass is 497 g/mol. The van der Waals surface area contributed by atoms with Gasteiger partial charge in [-0.2, -0.15) is 5.10 Å². The van der Waals surface area contributed by atoms with Gasteiger partial charge in [0.05, 0.1) is 29.9 Å². The Morgan fingerprint density at radius 2 is 1.71 bits per heavy atom. The molecule has 0 unspecified atom stereocenters. The number of rotatable bonds is 6. The molecule has 1 aliphatic rings. The molecule has 0 aliphatic carbocycles. The van der Waals surface area contributed by atoms with E-state index < -0.39 is 0 Å². The van der Waals surface area contributed by atoms with Crippen molar-refractivity contribution < 1.29 is 9.53 Å². The van der Waals surface area contributed by atoms with Crippen molar-refractivity contribution in [1.29, 1.82) is 0 Å². The Morgan fingerprint density at radius 3 is 2.40 bits per heavy atom. The van der Waals surface area contributed by atoms with Crippen LogP contribution in [0.5, 0.6) is 5.75 Å². The Hall–Kier alpha value is -3.68. The van der Waals surface area contributed by atoms with E-state index in [4.69, 9.17) is 22.1 Å². The fraction of sp³-hybridized carbons (Fsp3) is 0.107. The summed E-state index contributed by atoms with van der Waals surface area (Å²) in [4.78, 5) is 15.6. The number of methoxy groups -OCH3 is 1. The quantitative estimate of drug-likeness (QED) is 0.233. The van der Waals surface area contributed by atoms with E-state index >= 15 is 0 Å². The van der Waals surface area contributed by atoms with Crippen LogP contribution in [0.15, 0.2) is 90.0 Å². The summed E-state index contributed by atoms with van der Waals surface area (Å²) in [7, 11) is 1.64. The number of hydrogen-bond acceptors (Lipinski definition) is 5. The molecule has 1 amide bonds. The van der Waals surface area contributed by atoms with Crippen molar-refractivity contribution in [1.82, 2.24) is 14.7 Å². The second-order valence-corrected chi connectivity index (χ2v) is 9.87. The highest BCUT2D eigenvalue weighted by Gasteiger charge is 2.32. The van der Waals surface area contributed by atoms with E-state index in [-0.39, 0.29) is 5.91 Å². The average Bonchev–Trinajstić information content (AvgIpc) is 3.42. The minimum atomic E-state index is -0.0892. The van der Waals surface area contributed by atoms with Crippen LogP contribution in [0, 0.1) is 6.92 Å². The van der Waals surface area contributed by atoms with Crippen molar-refractivity contribution >= 4 is 40.3 Å². The van der Waals surface area contributed by atoms with Crippen LogP contribution in [-0.2, 0) is 11.3 Å². The molecular weight excluding hydrogens is 474 g/mol. The molecule has 0 radical (unpaired) electrons. The number of nitrogens with zero attached hydrogens (tertiary/aromatic N) is 3. The van der Waals surface area contributed by atoms with Gasteiger partial charge in [0.15, 0.2) is 0 Å². The molecule has 7 heteroatoms. The van der Waals surface area contributed by atoms with Crippen molar-refractivity contribution in [2.45, 2.75) is 13.5 Å². The topological polar surface area (TPSA) is 47.4 Å². The molecule has 174 valence electrons. The summed E-state index contributed by atoms with van der Waals surface area (Å²) in [6.45, 7) is 2.50. The van der Waals surface area contributed by atoms with Gasteiger partial charge in [0, 0.05) is 17.3 Å². The van der Waals surface area contributed by atoms with Crippen molar-refractivity contribution in [2.24, 2.45) is 0 Å². The van der Waals surface area contributed by atoms with Crippen molar-refractivity contribution in [3.8, 4) is 22.7 Å². The van der Waals surface area contributed by atoms with E-state index in [9.17, 15) is 4.79 Å². The van der Waals surface area contributed by atoms with E-state index in [0.717, 1.165) is 33.8 Å². The lowest BCUT2D eigenvalue weighted by Gasteiger charge is -2.14. The lowest BCUT2D eigenvalue weighted by Crippen LogP contribution is -2.27. The number of thiocarbonyl (C=S) groups is 1. The van der Waals surface area contributed by atoms with E-state index in [1.807, 2.05) is 103 Å². The SMILES string of the molecule is COc1ccc(-c2nn(-c3ccccc3)cc2/C=C2/SC(=S)N(Cc3ccc(C)cc3)C2=O)cc1. The highest BCUT2D eigenvalue weighted by atomic mass is 32.2. The lowest BCUT2D eigenvalue weighted by atomic mass is 10.1. The van der Waals surface area contributed by atoms with E-state index in [1.165, 1.54) is 17.3 Å². The summed E-state index contributed by atoms with van der Waals surface area (Å²) in [5, 5.41) is 4.85. The maximum atomic E-state index is 13.3. The molecule has 0 spiro atoms. The summed E-state index contributed by atoms with van der Waals surface area (Å²) in [6, 6.07) is 25.8. The van der Waals surface area contributed by atoms with Gasteiger partial charge in [-0.05, 0) is 55.0 Å². The maximum absolute atomic E-state index is 13.3. The summed E-state index contributed by atoms with van der Waals surface area (Å²) >= 11 is 6.89. The highest BCUT2D eigenvalue weighted by Crippen LogP contribution is 2.36. The standard InChI is InChI=1S/C28H23N3O2S2/c1-19-8-10-20(11-9-19)17-30-27(32)25(35-28(30)34)16-22-18-31(23-6-4-3-5-7-23)29-26(22)21-12-14-24(33-2)15-13-21/h3-16,18H,17H2,1-2H3/b25-16+. The Bertz CT molecular complexity index is 1410. The number of aromatic nitrogens is 2. The highest BCUT2D eigenvalue weighted by molar-refractivity contribution is 8.26. The minimum Gasteiger partial charge on any atom is -0.497 e. The van der Waals surface area contributed by atoms with Gasteiger partial charge in [0.25, 0.3) is 5.91 Å². The van der Waals surface area contributed by atoms with Gasteiger partial charge in [-0.1, -0.05) is 72.0 Å². The zero-order chi connectivity index (χ0) is 24.4. The summed E-state index contributed by atoms with van der Waals surface area (Å²) in [6.07, 6.45) is 3.84. The van der Waals surface area contributed by atoms with Crippen molar-refractivity contribution in [3.63, 3.8) is 0 Å². The first-order chi connectivity index (χ1) is 17.0. The van der Waals surface area contributed by atoms with Crippen LogP contribution in [0.1, 0.15) is 16.7 Å². The third-order valence-electron chi connectivity index (χ3n) is 5.75. The van der Waals surface area contributed by atoms with Crippen molar-refractivity contribution in [2.75, 3.05) is 7.11 Å². The molecule has 1 fully saturated rings. The smallest absolute Gasteiger partial charge is 0.266 e. The predicted octanol–water partition coefficient (Wildman–Crippen LogP) is 6.26. The second-order valence-electron chi connectivity index (χ2n) is 8.20. The van der Waals surface area contributed by atoms with Crippen LogP contribution < -0.4 is 4.74 Å². The molecule has 1 aromatic heterocycles. The number of amides is 1. The van der Waals surface area contributed by atoms with E-state index in [2.05, 4.69) is 0 Å². The van der Waals surface area contributed by atoms with Crippen LogP contribution in [0.3, 0.4) is 0 Å². The second kappa shape index (κ2) is 9.90. The molecule has 0 N–H and O–H groups in total. The zero-order valence-electron chi connectivity index (χ0n) is 19.3. The van der Waals surface area contributed by atoms with Gasteiger partial charge < -0.3 is 4.74 Å². The summed E-state index contributed by atoms with van der Waals surface area (Å²) < 4.78 is 7.70. The number of thioether (sulfide) groups is 1. The molecule has 2 heterocycles. The molecule has 0 saturated carbocycles. The first kappa shape index (κ1) is 23.1. The first-order valence-electron chi connectivity index (χ1n) is 11.1. The van der Waals surface area contributed by atoms with Gasteiger partial charge in [-0.15, -0.1) is 0 Å². The number of benzene rings is 3. The molecule has 1 saturated heterocycles. The predicted molar refractivity (Wildman–Crippen MR) is 145 cm³/mol. The molecule has 0 bridgehead atoms. The van der Waals surface area contributed by atoms with Crippen LogP contribution in [-0.4, -0.2) is 32.0 Å². The normalized spacial score (nSPS) is 14.7. The zero-order valence-corrected chi connectivity index (χ0v) is 21.0. The third kappa shape index (κ3) is 4.92. The molecule has 3 aromatic carbocycles.